The summed E-state index contributed by atoms with van der Waals surface area (Å²) in [5, 5.41) is 0. The monoisotopic (exact) mass is 358 g/mol. The zero-order chi connectivity index (χ0) is 18.6. The summed E-state index contributed by atoms with van der Waals surface area (Å²) in [6, 6.07) is 19.9. The molecule has 0 aliphatic carbocycles. The molecule has 2 aromatic carbocycles. The number of amides is 1. The number of hydrogen-bond donors (Lipinski definition) is 0. The minimum absolute atomic E-state index is 0.175. The first-order chi connectivity index (χ1) is 13.2. The second kappa shape index (κ2) is 7.62. The first-order valence-corrected chi connectivity index (χ1v) is 9.19. The van der Waals surface area contributed by atoms with Crippen molar-refractivity contribution in [3.63, 3.8) is 0 Å². The molecule has 4 rings (SSSR count). The largest absolute Gasteiger partial charge is 0.445 e. The minimum Gasteiger partial charge on any atom is -0.445 e. The van der Waals surface area contributed by atoms with Gasteiger partial charge in [-0.05, 0) is 41.7 Å². The van der Waals surface area contributed by atoms with Crippen LogP contribution in [0.1, 0.15) is 33.9 Å². The molecular formula is C23H22N2O2. The molecule has 3 aromatic rings. The van der Waals surface area contributed by atoms with Crippen LogP contribution in [0.15, 0.2) is 73.1 Å². The third kappa shape index (κ3) is 3.70. The summed E-state index contributed by atoms with van der Waals surface area (Å²) in [4.78, 5) is 19.0. The first kappa shape index (κ1) is 17.3. The van der Waals surface area contributed by atoms with Gasteiger partial charge in [-0.1, -0.05) is 60.2 Å². The molecule has 0 fully saturated rings. The Morgan fingerprint density at radius 3 is 2.78 bits per heavy atom. The van der Waals surface area contributed by atoms with Crippen LogP contribution in [0.4, 0.5) is 4.79 Å². The maximum absolute atomic E-state index is 12.9. The van der Waals surface area contributed by atoms with Gasteiger partial charge in [-0.3, -0.25) is 9.88 Å². The van der Waals surface area contributed by atoms with Crippen molar-refractivity contribution in [1.82, 2.24) is 9.88 Å². The van der Waals surface area contributed by atoms with Crippen LogP contribution in [0.3, 0.4) is 0 Å². The van der Waals surface area contributed by atoms with Crippen LogP contribution < -0.4 is 0 Å². The molecule has 136 valence electrons. The van der Waals surface area contributed by atoms with Gasteiger partial charge in [0.05, 0.1) is 6.04 Å². The van der Waals surface area contributed by atoms with Crippen molar-refractivity contribution >= 4 is 6.09 Å². The molecule has 1 aromatic heterocycles. The minimum atomic E-state index is -0.293. The van der Waals surface area contributed by atoms with E-state index in [9.17, 15) is 4.79 Å². The van der Waals surface area contributed by atoms with E-state index < -0.39 is 0 Å². The first-order valence-electron chi connectivity index (χ1n) is 9.19. The van der Waals surface area contributed by atoms with Gasteiger partial charge in [0.25, 0.3) is 0 Å². The molecule has 0 saturated carbocycles. The van der Waals surface area contributed by atoms with Crippen LogP contribution in [-0.2, 0) is 17.8 Å². The molecule has 1 atom stereocenters. The van der Waals surface area contributed by atoms with E-state index in [1.807, 2.05) is 53.6 Å². The fourth-order valence-electron chi connectivity index (χ4n) is 3.65. The summed E-state index contributed by atoms with van der Waals surface area (Å²) in [6.07, 6.45) is 4.12. The van der Waals surface area contributed by atoms with Crippen molar-refractivity contribution < 1.29 is 9.53 Å². The molecule has 4 heteroatoms. The lowest BCUT2D eigenvalue weighted by atomic mass is 9.88. The predicted molar refractivity (Wildman–Crippen MR) is 104 cm³/mol. The Hall–Kier alpha value is -3.14. The van der Waals surface area contributed by atoms with Gasteiger partial charge in [-0.2, -0.15) is 0 Å². The van der Waals surface area contributed by atoms with Gasteiger partial charge >= 0.3 is 6.09 Å². The van der Waals surface area contributed by atoms with Gasteiger partial charge in [0, 0.05) is 18.9 Å². The van der Waals surface area contributed by atoms with Gasteiger partial charge in [0.2, 0.25) is 0 Å². The van der Waals surface area contributed by atoms with E-state index in [0.717, 1.165) is 23.1 Å². The van der Waals surface area contributed by atoms with Crippen LogP contribution >= 0.6 is 0 Å². The third-order valence-corrected chi connectivity index (χ3v) is 4.97. The van der Waals surface area contributed by atoms with E-state index in [1.165, 1.54) is 11.1 Å². The Kier molecular flexibility index (Phi) is 4.88. The highest BCUT2D eigenvalue weighted by atomic mass is 16.6. The molecule has 0 bridgehead atoms. The Bertz CT molecular complexity index is 926. The van der Waals surface area contributed by atoms with Crippen LogP contribution in [0.5, 0.6) is 0 Å². The summed E-state index contributed by atoms with van der Waals surface area (Å²) in [7, 11) is 0. The van der Waals surface area contributed by atoms with Gasteiger partial charge in [0.15, 0.2) is 0 Å². The summed E-state index contributed by atoms with van der Waals surface area (Å²) >= 11 is 0. The number of rotatable bonds is 3. The average Bonchev–Trinajstić information content (AvgIpc) is 2.72. The van der Waals surface area contributed by atoms with E-state index in [4.69, 9.17) is 4.74 Å². The molecule has 1 unspecified atom stereocenters. The third-order valence-electron chi connectivity index (χ3n) is 4.97. The summed E-state index contributed by atoms with van der Waals surface area (Å²) in [5.74, 6) is 0. The smallest absolute Gasteiger partial charge is 0.410 e. The molecule has 0 N–H and O–H groups in total. The number of carbonyl (C=O) groups excluding carboxylic acids is 1. The fraction of sp³-hybridized carbons (Fsp3) is 0.217. The zero-order valence-corrected chi connectivity index (χ0v) is 15.3. The van der Waals surface area contributed by atoms with E-state index >= 15 is 0 Å². The quantitative estimate of drug-likeness (QED) is 0.683. The van der Waals surface area contributed by atoms with Crippen LogP contribution in [0.25, 0.3) is 0 Å². The highest BCUT2D eigenvalue weighted by Gasteiger charge is 2.33. The van der Waals surface area contributed by atoms with Crippen LogP contribution in [-0.4, -0.2) is 22.5 Å². The molecule has 0 radical (unpaired) electrons. The predicted octanol–water partition coefficient (Wildman–Crippen LogP) is 4.67. The van der Waals surface area contributed by atoms with Gasteiger partial charge in [-0.25, -0.2) is 4.79 Å². The van der Waals surface area contributed by atoms with Crippen molar-refractivity contribution in [2.24, 2.45) is 0 Å². The fourth-order valence-corrected chi connectivity index (χ4v) is 3.65. The molecule has 1 amide bonds. The lowest BCUT2D eigenvalue weighted by molar-refractivity contribution is 0.0836. The summed E-state index contributed by atoms with van der Waals surface area (Å²) in [6.45, 7) is 3.00. The SMILES string of the molecule is Cc1ccc2c(c1)CCN(C(=O)OCc1ccccc1)C2c1cccnc1. The number of nitrogens with zero attached hydrogens (tertiary/aromatic N) is 2. The summed E-state index contributed by atoms with van der Waals surface area (Å²) in [5.41, 5.74) is 5.65. The van der Waals surface area contributed by atoms with E-state index in [1.54, 1.807) is 6.20 Å². The van der Waals surface area contributed by atoms with Crippen molar-refractivity contribution in [2.45, 2.75) is 26.0 Å². The van der Waals surface area contributed by atoms with E-state index in [-0.39, 0.29) is 18.7 Å². The molecule has 1 aliphatic rings. The number of pyridine rings is 1. The number of benzene rings is 2. The lowest BCUT2D eigenvalue weighted by Crippen LogP contribution is -2.41. The topological polar surface area (TPSA) is 42.4 Å². The number of aryl methyl sites for hydroxylation is 1. The second-order valence-corrected chi connectivity index (χ2v) is 6.87. The highest BCUT2D eigenvalue weighted by molar-refractivity contribution is 5.70. The van der Waals surface area contributed by atoms with Gasteiger partial charge < -0.3 is 4.74 Å². The number of fused-ring (bicyclic) bond motifs is 1. The normalized spacial score (nSPS) is 15.9. The Morgan fingerprint density at radius 1 is 1.15 bits per heavy atom. The Balaban J connectivity index is 1.62. The summed E-state index contributed by atoms with van der Waals surface area (Å²) < 4.78 is 5.62. The molecular weight excluding hydrogens is 336 g/mol. The number of aromatic nitrogens is 1. The molecule has 2 heterocycles. The van der Waals surface area contributed by atoms with Crippen molar-refractivity contribution in [2.75, 3.05) is 6.54 Å². The highest BCUT2D eigenvalue weighted by Crippen LogP contribution is 2.35. The zero-order valence-electron chi connectivity index (χ0n) is 15.3. The number of carbonyl (C=O) groups is 1. The van der Waals surface area contributed by atoms with Crippen LogP contribution in [0.2, 0.25) is 0 Å². The second-order valence-electron chi connectivity index (χ2n) is 6.87. The van der Waals surface area contributed by atoms with Gasteiger partial charge in [0.1, 0.15) is 6.61 Å². The molecule has 4 nitrogen and oxygen atoms in total. The van der Waals surface area contributed by atoms with Crippen LogP contribution in [0, 0.1) is 6.92 Å². The lowest BCUT2D eigenvalue weighted by Gasteiger charge is -2.37. The Morgan fingerprint density at radius 2 is 2.00 bits per heavy atom. The van der Waals surface area contributed by atoms with Crippen molar-refractivity contribution in [3.8, 4) is 0 Å². The molecule has 0 spiro atoms. The maximum Gasteiger partial charge on any atom is 0.410 e. The van der Waals surface area contributed by atoms with E-state index in [2.05, 4.69) is 30.1 Å². The maximum atomic E-state index is 12.9. The average molecular weight is 358 g/mol. The van der Waals surface area contributed by atoms with Crippen molar-refractivity contribution in [3.05, 3.63) is 101 Å². The Labute approximate surface area is 159 Å². The molecule has 0 saturated heterocycles. The standard InChI is InChI=1S/C23H22N2O2/c1-17-9-10-21-19(14-17)11-13-25(22(21)20-8-5-12-24-15-20)23(26)27-16-18-6-3-2-4-7-18/h2-10,12,14-15,22H,11,13,16H2,1H3. The number of ether oxygens (including phenoxy) is 1. The van der Waals surface area contributed by atoms with Gasteiger partial charge in [-0.15, -0.1) is 0 Å². The molecule has 27 heavy (non-hydrogen) atoms. The van der Waals surface area contributed by atoms with Crippen molar-refractivity contribution in [1.29, 1.82) is 0 Å². The number of hydrogen-bond acceptors (Lipinski definition) is 3. The van der Waals surface area contributed by atoms with E-state index in [0.29, 0.717) is 6.54 Å². The molecule has 1 aliphatic heterocycles.